The SMILES string of the molecule is [N-]=[N+]=NCCCCCO[C@H]1OC(COCc2ccccc2)[C@@H](OCc2ccccc2)C(O[C@H]2OC(COCc3ccccc3)[C@@H](OCc3ccccc3)C(OCc3ccc4ccccc4c3)C2OC(=O)c2ccccc2)C1OC(=O)c1ccccc1. The molecular formula is C70H71N3O13. The third kappa shape index (κ3) is 17.5. The summed E-state index contributed by atoms with van der Waals surface area (Å²) in [7, 11) is 0. The molecule has 16 heteroatoms. The van der Waals surface area contributed by atoms with Gasteiger partial charge in [0.05, 0.1) is 57.4 Å². The van der Waals surface area contributed by atoms with Crippen molar-refractivity contribution >= 4 is 22.7 Å². The maximum absolute atomic E-state index is 14.8. The van der Waals surface area contributed by atoms with Crippen molar-refractivity contribution in [1.29, 1.82) is 0 Å². The monoisotopic (exact) mass is 1160 g/mol. The molecule has 444 valence electrons. The molecule has 0 amide bonds. The Hall–Kier alpha value is -8.09. The number of fused-ring (bicyclic) bond motifs is 1. The first kappa shape index (κ1) is 61.0. The summed E-state index contributed by atoms with van der Waals surface area (Å²) in [5.41, 5.74) is 13.9. The number of unbranched alkanes of at least 4 members (excludes halogenated alkanes) is 2. The van der Waals surface area contributed by atoms with Gasteiger partial charge in [0.25, 0.3) is 0 Å². The van der Waals surface area contributed by atoms with Crippen LogP contribution in [0.4, 0.5) is 0 Å². The summed E-state index contributed by atoms with van der Waals surface area (Å²) in [6, 6.07) is 70.4. The second-order valence-corrected chi connectivity index (χ2v) is 21.0. The number of carbonyl (C=O) groups is 2. The van der Waals surface area contributed by atoms with Crippen LogP contribution in [0, 0.1) is 0 Å². The number of hydrogen-bond acceptors (Lipinski definition) is 14. The lowest BCUT2D eigenvalue weighted by Crippen LogP contribution is -2.67. The zero-order valence-corrected chi connectivity index (χ0v) is 47.8. The molecule has 6 unspecified atom stereocenters. The molecule has 0 aromatic heterocycles. The average molecular weight is 1160 g/mol. The molecule has 0 radical (unpaired) electrons. The summed E-state index contributed by atoms with van der Waals surface area (Å²) < 4.78 is 76.0. The van der Waals surface area contributed by atoms with Crippen molar-refractivity contribution in [3.8, 4) is 0 Å². The van der Waals surface area contributed by atoms with Crippen LogP contribution in [0.25, 0.3) is 21.2 Å². The highest BCUT2D eigenvalue weighted by Gasteiger charge is 2.56. The minimum atomic E-state index is -1.51. The maximum atomic E-state index is 14.8. The molecule has 0 saturated carbocycles. The third-order valence-electron chi connectivity index (χ3n) is 14.8. The van der Waals surface area contributed by atoms with Gasteiger partial charge in [0.15, 0.2) is 24.8 Å². The molecule has 8 aromatic carbocycles. The van der Waals surface area contributed by atoms with Crippen LogP contribution in [-0.2, 0) is 85.1 Å². The molecule has 0 N–H and O–H groups in total. The van der Waals surface area contributed by atoms with E-state index >= 15 is 0 Å². The van der Waals surface area contributed by atoms with E-state index in [2.05, 4.69) is 22.2 Å². The van der Waals surface area contributed by atoms with E-state index in [0.29, 0.717) is 25.8 Å². The van der Waals surface area contributed by atoms with Gasteiger partial charge < -0.3 is 52.1 Å². The van der Waals surface area contributed by atoms with Crippen molar-refractivity contribution in [2.45, 2.75) is 114 Å². The Morgan fingerprint density at radius 1 is 0.407 bits per heavy atom. The van der Waals surface area contributed by atoms with Gasteiger partial charge in [0.1, 0.15) is 36.6 Å². The molecule has 16 nitrogen and oxygen atoms in total. The predicted octanol–water partition coefficient (Wildman–Crippen LogP) is 13.1. The van der Waals surface area contributed by atoms with Crippen molar-refractivity contribution in [2.24, 2.45) is 5.11 Å². The standard InChI is InChI=1S/C70H71N3O13/c71-73-72-40-22-7-23-41-78-69-66(85-68(75)57-35-18-6-19-36-57)64(62(80-46-53-30-14-4-15-31-53)60(82-69)49-77-44-51-26-10-2-11-27-51)86-70-65(84-67(74)56-33-16-5-17-34-56)63(81-47-54-38-39-55-32-20-21-37-58(55)42-54)61(79-45-52-28-12-3-13-29-52)59(83-70)48-76-43-50-24-8-1-9-25-50/h1-6,8-21,24-39,42,59-66,69-70H,7,22-23,40-41,43-49H2/t59?,60?,61-,62-,63?,64?,65?,66?,69+,70-/m1/s1. The molecule has 0 bridgehead atoms. The van der Waals surface area contributed by atoms with Gasteiger partial charge in [-0.3, -0.25) is 0 Å². The van der Waals surface area contributed by atoms with E-state index in [1.807, 2.05) is 158 Å². The topological polar surface area (TPSA) is 184 Å². The quantitative estimate of drug-likeness (QED) is 0.0136. The molecule has 2 saturated heterocycles. The summed E-state index contributed by atoms with van der Waals surface area (Å²) in [5, 5.41) is 5.78. The number of azide groups is 1. The molecular weight excluding hydrogens is 1090 g/mol. The molecule has 0 spiro atoms. The first-order valence-corrected chi connectivity index (χ1v) is 29.2. The molecule has 2 aliphatic rings. The zero-order valence-electron chi connectivity index (χ0n) is 47.8. The number of ether oxygens (including phenoxy) is 11. The van der Waals surface area contributed by atoms with Crippen molar-refractivity contribution in [2.75, 3.05) is 26.4 Å². The molecule has 86 heavy (non-hydrogen) atoms. The van der Waals surface area contributed by atoms with Gasteiger partial charge in [0.2, 0.25) is 0 Å². The molecule has 2 fully saturated rings. The van der Waals surface area contributed by atoms with Crippen molar-refractivity contribution < 1.29 is 61.7 Å². The Bertz CT molecular complexity index is 3350. The highest BCUT2D eigenvalue weighted by molar-refractivity contribution is 5.90. The summed E-state index contributed by atoms with van der Waals surface area (Å²) >= 11 is 0. The molecule has 10 atom stereocenters. The highest BCUT2D eigenvalue weighted by Crippen LogP contribution is 2.38. The average Bonchev–Trinajstić information content (AvgIpc) is 1.29. The number of nitrogens with zero attached hydrogens (tertiary/aromatic N) is 3. The molecule has 2 heterocycles. The number of carbonyl (C=O) groups excluding carboxylic acids is 2. The van der Waals surface area contributed by atoms with E-state index in [4.69, 9.17) is 57.6 Å². The van der Waals surface area contributed by atoms with Crippen molar-refractivity contribution in [3.63, 3.8) is 0 Å². The molecule has 0 aliphatic carbocycles. The predicted molar refractivity (Wildman–Crippen MR) is 322 cm³/mol. The van der Waals surface area contributed by atoms with E-state index in [0.717, 1.165) is 38.6 Å². The van der Waals surface area contributed by atoms with Crippen LogP contribution in [0.2, 0.25) is 0 Å². The number of esters is 2. The lowest BCUT2D eigenvalue weighted by atomic mass is 9.95. The van der Waals surface area contributed by atoms with E-state index < -0.39 is 73.4 Å². The van der Waals surface area contributed by atoms with E-state index in [1.165, 1.54) is 0 Å². The van der Waals surface area contributed by atoms with E-state index in [-0.39, 0.29) is 64.0 Å². The van der Waals surface area contributed by atoms with Crippen LogP contribution in [0.3, 0.4) is 0 Å². The van der Waals surface area contributed by atoms with E-state index in [1.54, 1.807) is 54.6 Å². The minimum absolute atomic E-state index is 0.0274. The normalized spacial score (nSPS) is 21.9. The number of benzene rings is 8. The summed E-state index contributed by atoms with van der Waals surface area (Å²) in [6.07, 6.45) is -10.1. The Morgan fingerprint density at radius 3 is 1.36 bits per heavy atom. The lowest BCUT2D eigenvalue weighted by Gasteiger charge is -2.49. The fourth-order valence-corrected chi connectivity index (χ4v) is 10.4. The Labute approximate surface area is 501 Å². The minimum Gasteiger partial charge on any atom is -0.450 e. The largest absolute Gasteiger partial charge is 0.450 e. The van der Waals surface area contributed by atoms with Crippen LogP contribution in [0.5, 0.6) is 0 Å². The first-order chi connectivity index (χ1) is 42.5. The van der Waals surface area contributed by atoms with Gasteiger partial charge in [-0.15, -0.1) is 0 Å². The van der Waals surface area contributed by atoms with Gasteiger partial charge in [-0.25, -0.2) is 9.59 Å². The maximum Gasteiger partial charge on any atom is 0.338 e. The van der Waals surface area contributed by atoms with Gasteiger partial charge in [-0.1, -0.05) is 206 Å². The number of rotatable bonds is 30. The van der Waals surface area contributed by atoms with Crippen LogP contribution in [0.1, 0.15) is 67.8 Å². The molecule has 10 rings (SSSR count). The summed E-state index contributed by atoms with van der Waals surface area (Å²) in [6.45, 7) is 1.15. The Kier molecular flexibility index (Phi) is 23.0. The molecule has 8 aromatic rings. The highest BCUT2D eigenvalue weighted by atomic mass is 16.8. The second kappa shape index (κ2) is 32.4. The van der Waals surface area contributed by atoms with Gasteiger partial charge >= 0.3 is 11.9 Å². The van der Waals surface area contributed by atoms with E-state index in [9.17, 15) is 9.59 Å². The lowest BCUT2D eigenvalue weighted by molar-refractivity contribution is -0.369. The number of hydrogen-bond donors (Lipinski definition) is 0. The Balaban J connectivity index is 1.09. The van der Waals surface area contributed by atoms with Crippen LogP contribution in [-0.4, -0.2) is 99.7 Å². The first-order valence-electron chi connectivity index (χ1n) is 29.2. The van der Waals surface area contributed by atoms with Gasteiger partial charge in [-0.2, -0.15) is 0 Å². The molecule has 2 aliphatic heterocycles. The summed E-state index contributed by atoms with van der Waals surface area (Å²) in [5.74, 6) is -1.37. The second-order valence-electron chi connectivity index (χ2n) is 21.0. The zero-order chi connectivity index (χ0) is 59.0. The van der Waals surface area contributed by atoms with Crippen molar-refractivity contribution in [1.82, 2.24) is 0 Å². The fraction of sp³-hybridized carbons (Fsp3) is 0.314. The van der Waals surface area contributed by atoms with Crippen LogP contribution >= 0.6 is 0 Å². The fourth-order valence-electron chi connectivity index (χ4n) is 10.4. The Morgan fingerprint density at radius 2 is 0.837 bits per heavy atom. The smallest absolute Gasteiger partial charge is 0.338 e. The van der Waals surface area contributed by atoms with Gasteiger partial charge in [-0.05, 0) is 87.3 Å². The third-order valence-corrected chi connectivity index (χ3v) is 14.8. The van der Waals surface area contributed by atoms with Crippen LogP contribution in [0.15, 0.2) is 230 Å². The van der Waals surface area contributed by atoms with Gasteiger partial charge in [0, 0.05) is 18.1 Å². The van der Waals surface area contributed by atoms with Crippen molar-refractivity contribution in [3.05, 3.63) is 274 Å². The summed E-state index contributed by atoms with van der Waals surface area (Å²) in [4.78, 5) is 32.4. The van der Waals surface area contributed by atoms with Crippen LogP contribution < -0.4 is 0 Å².